The maximum Gasteiger partial charge on any atom is 0.358 e. The average molecular weight is 298 g/mol. The van der Waals surface area contributed by atoms with E-state index in [1.807, 2.05) is 19.1 Å². The Hall–Kier alpha value is -2.96. The van der Waals surface area contributed by atoms with Gasteiger partial charge in [0.05, 0.1) is 24.7 Å². The predicted octanol–water partition coefficient (Wildman–Crippen LogP) is 2.33. The minimum atomic E-state index is -0.514. The van der Waals surface area contributed by atoms with Gasteiger partial charge in [-0.05, 0) is 19.1 Å². The van der Waals surface area contributed by atoms with Crippen LogP contribution in [0.1, 0.15) is 22.1 Å². The largest absolute Gasteiger partial charge is 0.464 e. The summed E-state index contributed by atoms with van der Waals surface area (Å²) in [6.45, 7) is 3.65. The maximum absolute atomic E-state index is 11.7. The maximum atomic E-state index is 11.7. The number of hydrogen-bond donors (Lipinski definition) is 0. The monoisotopic (exact) mass is 298 g/mol. The lowest BCUT2D eigenvalue weighted by Gasteiger charge is -2.04. The van der Waals surface area contributed by atoms with Gasteiger partial charge < -0.3 is 9.15 Å². The topological polar surface area (TPSA) is 83.0 Å². The smallest absolute Gasteiger partial charge is 0.358 e. The summed E-state index contributed by atoms with van der Waals surface area (Å²) in [6, 6.07) is 5.35. The molecule has 0 aromatic carbocycles. The van der Waals surface area contributed by atoms with Crippen LogP contribution in [-0.4, -0.2) is 32.8 Å². The second kappa shape index (κ2) is 5.44. The van der Waals surface area contributed by atoms with Crippen molar-refractivity contribution in [3.05, 3.63) is 47.9 Å². The van der Waals surface area contributed by atoms with Crippen LogP contribution in [0.15, 0.2) is 35.1 Å². The van der Waals surface area contributed by atoms with E-state index < -0.39 is 5.97 Å². The van der Waals surface area contributed by atoms with Gasteiger partial charge in [-0.15, -0.1) is 0 Å². The van der Waals surface area contributed by atoms with E-state index in [0.717, 1.165) is 11.4 Å². The summed E-state index contributed by atoms with van der Waals surface area (Å²) in [6.07, 6.45) is 3.20. The Morgan fingerprint density at radius 1 is 1.32 bits per heavy atom. The van der Waals surface area contributed by atoms with Gasteiger partial charge in [0.1, 0.15) is 12.0 Å². The van der Waals surface area contributed by atoms with Crippen LogP contribution in [0, 0.1) is 13.8 Å². The summed E-state index contributed by atoms with van der Waals surface area (Å²) in [5, 5.41) is 4.29. The van der Waals surface area contributed by atoms with Crippen molar-refractivity contribution in [3.63, 3.8) is 0 Å². The number of rotatable bonds is 3. The molecule has 0 radical (unpaired) electrons. The molecule has 0 saturated carbocycles. The van der Waals surface area contributed by atoms with Crippen molar-refractivity contribution < 1.29 is 13.9 Å². The summed E-state index contributed by atoms with van der Waals surface area (Å²) in [7, 11) is 1.31. The number of carbonyl (C=O) groups excluding carboxylic acids is 1. The van der Waals surface area contributed by atoms with E-state index in [0.29, 0.717) is 17.3 Å². The molecule has 0 N–H and O–H groups in total. The van der Waals surface area contributed by atoms with Gasteiger partial charge in [-0.1, -0.05) is 0 Å². The first kappa shape index (κ1) is 14.0. The third-order valence-corrected chi connectivity index (χ3v) is 3.13. The number of nitrogens with zero attached hydrogens (tertiary/aromatic N) is 4. The van der Waals surface area contributed by atoms with Crippen LogP contribution in [-0.2, 0) is 4.74 Å². The first-order chi connectivity index (χ1) is 10.6. The highest BCUT2D eigenvalue weighted by Crippen LogP contribution is 2.23. The second-order valence-corrected chi connectivity index (χ2v) is 4.73. The van der Waals surface area contributed by atoms with E-state index >= 15 is 0 Å². The van der Waals surface area contributed by atoms with E-state index in [4.69, 9.17) is 9.15 Å². The van der Waals surface area contributed by atoms with Crippen LogP contribution < -0.4 is 0 Å². The van der Waals surface area contributed by atoms with Gasteiger partial charge >= 0.3 is 5.97 Å². The molecule has 7 nitrogen and oxygen atoms in total. The fraction of sp³-hybridized carbons (Fsp3) is 0.200. The molecular formula is C15H14N4O3. The molecule has 112 valence electrons. The van der Waals surface area contributed by atoms with Crippen molar-refractivity contribution in [2.45, 2.75) is 13.8 Å². The molecule has 22 heavy (non-hydrogen) atoms. The number of ether oxygens (including phenoxy) is 1. The minimum absolute atomic E-state index is 0.193. The lowest BCUT2D eigenvalue weighted by Crippen LogP contribution is -2.05. The van der Waals surface area contributed by atoms with E-state index in [2.05, 4.69) is 15.1 Å². The Balaban J connectivity index is 2.16. The van der Waals surface area contributed by atoms with Crippen molar-refractivity contribution >= 4 is 5.97 Å². The predicted molar refractivity (Wildman–Crippen MR) is 77.7 cm³/mol. The van der Waals surface area contributed by atoms with Gasteiger partial charge in [-0.25, -0.2) is 14.5 Å². The zero-order valence-corrected chi connectivity index (χ0v) is 12.4. The first-order valence-electron chi connectivity index (χ1n) is 6.62. The molecule has 0 aliphatic carbocycles. The summed E-state index contributed by atoms with van der Waals surface area (Å²) in [5.74, 6) is 0.0182. The van der Waals surface area contributed by atoms with Gasteiger partial charge in [0, 0.05) is 18.7 Å². The lowest BCUT2D eigenvalue weighted by atomic mass is 10.3. The Morgan fingerprint density at radius 3 is 2.73 bits per heavy atom. The molecule has 3 heterocycles. The Morgan fingerprint density at radius 2 is 2.14 bits per heavy atom. The molecule has 0 fully saturated rings. The summed E-state index contributed by atoms with van der Waals surface area (Å²) < 4.78 is 11.6. The fourth-order valence-corrected chi connectivity index (χ4v) is 2.03. The van der Waals surface area contributed by atoms with Crippen molar-refractivity contribution in [1.82, 2.24) is 19.7 Å². The van der Waals surface area contributed by atoms with Gasteiger partial charge in [0.15, 0.2) is 11.6 Å². The Labute approximate surface area is 126 Å². The number of hydrogen-bond acceptors (Lipinski definition) is 6. The molecule has 0 unspecified atom stereocenters. The second-order valence-electron chi connectivity index (χ2n) is 4.73. The number of methoxy groups -OCH3 is 1. The molecular weight excluding hydrogens is 284 g/mol. The number of aryl methyl sites for hydroxylation is 2. The Kier molecular flexibility index (Phi) is 3.46. The third kappa shape index (κ3) is 2.48. The number of esters is 1. The van der Waals surface area contributed by atoms with Gasteiger partial charge in [-0.3, -0.25) is 4.98 Å². The number of carbonyl (C=O) groups is 1. The minimum Gasteiger partial charge on any atom is -0.464 e. The summed E-state index contributed by atoms with van der Waals surface area (Å²) in [5.41, 5.74) is 3.02. The number of pyridine rings is 1. The number of aromatic nitrogens is 4. The van der Waals surface area contributed by atoms with Crippen LogP contribution >= 0.6 is 0 Å². The van der Waals surface area contributed by atoms with E-state index in [-0.39, 0.29) is 5.69 Å². The van der Waals surface area contributed by atoms with Crippen molar-refractivity contribution in [2.24, 2.45) is 0 Å². The molecule has 3 aromatic heterocycles. The van der Waals surface area contributed by atoms with Crippen LogP contribution in [0.25, 0.3) is 17.1 Å². The highest BCUT2D eigenvalue weighted by Gasteiger charge is 2.19. The number of oxazole rings is 1. The zero-order chi connectivity index (χ0) is 15.7. The lowest BCUT2D eigenvalue weighted by molar-refractivity contribution is 0.0593. The molecule has 0 atom stereocenters. The molecule has 0 spiro atoms. The quantitative estimate of drug-likeness (QED) is 0.690. The molecule has 0 bridgehead atoms. The van der Waals surface area contributed by atoms with Gasteiger partial charge in [-0.2, -0.15) is 5.10 Å². The van der Waals surface area contributed by atoms with Crippen LogP contribution in [0.5, 0.6) is 0 Å². The standard InChI is InChI=1S/C15H14N4O3/c1-9-4-5-11(7-16-9)19-14(13-8-22-10(2)17-13)6-12(18-19)15(20)21-3/h4-8H,1-3H3. The molecule has 3 rings (SSSR count). The van der Waals surface area contributed by atoms with Gasteiger partial charge in [0.2, 0.25) is 0 Å². The summed E-state index contributed by atoms with van der Waals surface area (Å²) >= 11 is 0. The molecule has 0 saturated heterocycles. The normalized spacial score (nSPS) is 10.7. The molecule has 0 amide bonds. The first-order valence-corrected chi connectivity index (χ1v) is 6.62. The Bertz CT molecular complexity index is 818. The highest BCUT2D eigenvalue weighted by molar-refractivity contribution is 5.88. The molecule has 3 aromatic rings. The average Bonchev–Trinajstić information content (AvgIpc) is 3.13. The van der Waals surface area contributed by atoms with Crippen LogP contribution in [0.3, 0.4) is 0 Å². The zero-order valence-electron chi connectivity index (χ0n) is 12.4. The van der Waals surface area contributed by atoms with E-state index in [9.17, 15) is 4.79 Å². The molecule has 7 heteroatoms. The fourth-order valence-electron chi connectivity index (χ4n) is 2.03. The van der Waals surface area contributed by atoms with Crippen LogP contribution in [0.2, 0.25) is 0 Å². The highest BCUT2D eigenvalue weighted by atomic mass is 16.5. The van der Waals surface area contributed by atoms with E-state index in [1.54, 1.807) is 23.9 Å². The SMILES string of the molecule is COC(=O)c1cc(-c2coc(C)n2)n(-c2ccc(C)nc2)n1. The summed E-state index contributed by atoms with van der Waals surface area (Å²) in [4.78, 5) is 20.3. The third-order valence-electron chi connectivity index (χ3n) is 3.13. The van der Waals surface area contributed by atoms with E-state index in [1.165, 1.54) is 13.4 Å². The molecule has 0 aliphatic rings. The van der Waals surface area contributed by atoms with Crippen molar-refractivity contribution in [1.29, 1.82) is 0 Å². The van der Waals surface area contributed by atoms with Crippen LogP contribution in [0.4, 0.5) is 0 Å². The van der Waals surface area contributed by atoms with Crippen molar-refractivity contribution in [2.75, 3.05) is 7.11 Å². The molecule has 0 aliphatic heterocycles. The van der Waals surface area contributed by atoms with Crippen molar-refractivity contribution in [3.8, 4) is 17.1 Å². The van der Waals surface area contributed by atoms with Gasteiger partial charge in [0.25, 0.3) is 0 Å².